The zero-order valence-corrected chi connectivity index (χ0v) is 12.8. The topological polar surface area (TPSA) is 38.5 Å². The predicted octanol–water partition coefficient (Wildman–Crippen LogP) is 3.78. The summed E-state index contributed by atoms with van der Waals surface area (Å²) in [6.07, 6.45) is 0.976. The number of benzene rings is 1. The van der Waals surface area contributed by atoms with Crippen molar-refractivity contribution in [3.8, 4) is 5.69 Å². The second kappa shape index (κ2) is 4.90. The molecule has 3 aromatic rings. The largest absolute Gasteiger partial charge is 0.327 e. The van der Waals surface area contributed by atoms with E-state index in [-0.39, 0.29) is 0 Å². The average molecular weight is 286 g/mol. The van der Waals surface area contributed by atoms with Crippen LogP contribution in [0.25, 0.3) is 16.9 Å². The molecule has 5 heteroatoms. The van der Waals surface area contributed by atoms with E-state index in [1.165, 1.54) is 5.56 Å². The predicted molar refractivity (Wildman–Crippen MR) is 84.0 cm³/mol. The van der Waals surface area contributed by atoms with Crippen molar-refractivity contribution in [1.29, 1.82) is 0 Å². The molecule has 104 valence electrons. The van der Waals surface area contributed by atoms with Crippen LogP contribution in [0.3, 0.4) is 0 Å². The lowest BCUT2D eigenvalue weighted by molar-refractivity contribution is 0.661. The highest BCUT2D eigenvalue weighted by Crippen LogP contribution is 2.24. The summed E-state index contributed by atoms with van der Waals surface area (Å²) >= 11 is 5.53. The molecule has 0 unspecified atom stereocenters. The third-order valence-corrected chi connectivity index (χ3v) is 3.95. The highest BCUT2D eigenvalue weighted by molar-refractivity contribution is 7.71. The molecule has 0 spiro atoms. The van der Waals surface area contributed by atoms with Crippen molar-refractivity contribution in [3.05, 3.63) is 40.3 Å². The van der Waals surface area contributed by atoms with Crippen LogP contribution in [-0.4, -0.2) is 19.3 Å². The number of nitrogens with one attached hydrogen (secondary N) is 1. The SMILES string of the molecule is CCc1ccccc1-n1c(=S)[nH]c2c(C)nn(CC)c21. The normalized spacial score (nSPS) is 11.3. The second-order valence-electron chi connectivity index (χ2n) is 4.85. The minimum Gasteiger partial charge on any atom is -0.327 e. The summed E-state index contributed by atoms with van der Waals surface area (Å²) < 4.78 is 4.83. The van der Waals surface area contributed by atoms with E-state index in [0.717, 1.165) is 40.3 Å². The lowest BCUT2D eigenvalue weighted by Crippen LogP contribution is -2.05. The van der Waals surface area contributed by atoms with Crippen molar-refractivity contribution in [1.82, 2.24) is 19.3 Å². The molecule has 3 rings (SSSR count). The molecule has 2 aromatic heterocycles. The van der Waals surface area contributed by atoms with Gasteiger partial charge in [-0.25, -0.2) is 4.68 Å². The number of nitrogens with zero attached hydrogens (tertiary/aromatic N) is 3. The van der Waals surface area contributed by atoms with Gasteiger partial charge in [-0.1, -0.05) is 25.1 Å². The summed E-state index contributed by atoms with van der Waals surface area (Å²) in [4.78, 5) is 3.29. The first-order chi connectivity index (χ1) is 9.67. The maximum atomic E-state index is 5.53. The molecule has 1 N–H and O–H groups in total. The molecule has 0 bridgehead atoms. The highest BCUT2D eigenvalue weighted by atomic mass is 32.1. The number of imidazole rings is 1. The molecule has 4 nitrogen and oxygen atoms in total. The van der Waals surface area contributed by atoms with Crippen molar-refractivity contribution >= 4 is 23.4 Å². The Morgan fingerprint density at radius 2 is 2.00 bits per heavy atom. The van der Waals surface area contributed by atoms with Crippen LogP contribution in [0.1, 0.15) is 25.1 Å². The van der Waals surface area contributed by atoms with E-state index in [2.05, 4.69) is 52.8 Å². The summed E-state index contributed by atoms with van der Waals surface area (Å²) in [5.41, 5.74) is 5.49. The van der Waals surface area contributed by atoms with E-state index in [4.69, 9.17) is 12.2 Å². The molecule has 20 heavy (non-hydrogen) atoms. The van der Waals surface area contributed by atoms with Crippen LogP contribution in [0.15, 0.2) is 24.3 Å². The van der Waals surface area contributed by atoms with Gasteiger partial charge in [-0.2, -0.15) is 5.10 Å². The summed E-state index contributed by atoms with van der Waals surface area (Å²) in [6.45, 7) is 7.09. The van der Waals surface area contributed by atoms with Crippen LogP contribution in [0.2, 0.25) is 0 Å². The Labute approximate surface area is 123 Å². The number of para-hydroxylation sites is 1. The number of hydrogen-bond acceptors (Lipinski definition) is 2. The Hall–Kier alpha value is -1.88. The van der Waals surface area contributed by atoms with Gasteiger partial charge >= 0.3 is 0 Å². The fourth-order valence-corrected chi connectivity index (χ4v) is 2.96. The molecular formula is C15H18N4S. The Bertz CT molecular complexity index is 822. The number of aryl methyl sites for hydroxylation is 3. The van der Waals surface area contributed by atoms with Gasteiger partial charge in [0.25, 0.3) is 0 Å². The molecule has 0 fully saturated rings. The van der Waals surface area contributed by atoms with E-state index in [1.54, 1.807) is 0 Å². The van der Waals surface area contributed by atoms with E-state index in [1.807, 2.05) is 11.6 Å². The van der Waals surface area contributed by atoms with Crippen molar-refractivity contribution in [2.75, 3.05) is 0 Å². The van der Waals surface area contributed by atoms with Crippen LogP contribution < -0.4 is 0 Å². The van der Waals surface area contributed by atoms with Gasteiger partial charge in [0.1, 0.15) is 5.52 Å². The zero-order valence-electron chi connectivity index (χ0n) is 12.0. The molecule has 0 aliphatic carbocycles. The Balaban J connectivity index is 2.41. The van der Waals surface area contributed by atoms with Gasteiger partial charge in [-0.05, 0) is 44.1 Å². The zero-order chi connectivity index (χ0) is 14.3. The van der Waals surface area contributed by atoms with Crippen LogP contribution in [-0.2, 0) is 13.0 Å². The fraction of sp³-hybridized carbons (Fsp3) is 0.333. The standard InChI is InChI=1S/C15H18N4S/c1-4-11-8-6-7-9-12(11)19-14-13(16-15(19)20)10(3)17-18(14)5-2/h6-9H,4-5H2,1-3H3,(H,16,20). The van der Waals surface area contributed by atoms with Crippen molar-refractivity contribution in [3.63, 3.8) is 0 Å². The van der Waals surface area contributed by atoms with E-state index in [0.29, 0.717) is 0 Å². The maximum absolute atomic E-state index is 5.53. The molecule has 0 saturated heterocycles. The average Bonchev–Trinajstić information content (AvgIpc) is 2.95. The number of rotatable bonds is 3. The minimum absolute atomic E-state index is 0.726. The van der Waals surface area contributed by atoms with E-state index < -0.39 is 0 Å². The van der Waals surface area contributed by atoms with Crippen LogP contribution in [0.5, 0.6) is 0 Å². The van der Waals surface area contributed by atoms with Gasteiger partial charge < -0.3 is 4.98 Å². The van der Waals surface area contributed by atoms with E-state index >= 15 is 0 Å². The Morgan fingerprint density at radius 3 is 2.70 bits per heavy atom. The van der Waals surface area contributed by atoms with Gasteiger partial charge in [0.15, 0.2) is 10.4 Å². The summed E-state index contributed by atoms with van der Waals surface area (Å²) in [7, 11) is 0. The Kier molecular flexibility index (Phi) is 3.22. The molecule has 1 aromatic carbocycles. The number of aromatic nitrogens is 4. The van der Waals surface area contributed by atoms with E-state index in [9.17, 15) is 0 Å². The van der Waals surface area contributed by atoms with Gasteiger partial charge in [0.2, 0.25) is 0 Å². The number of aromatic amines is 1. The number of H-pyrrole nitrogens is 1. The molecule has 0 aliphatic heterocycles. The smallest absolute Gasteiger partial charge is 0.184 e. The van der Waals surface area contributed by atoms with Gasteiger partial charge in [0, 0.05) is 6.54 Å². The molecule has 0 aliphatic rings. The molecule has 0 saturated carbocycles. The lowest BCUT2D eigenvalue weighted by Gasteiger charge is -2.10. The number of hydrogen-bond donors (Lipinski definition) is 1. The van der Waals surface area contributed by atoms with Crippen LogP contribution >= 0.6 is 12.2 Å². The molecule has 0 atom stereocenters. The van der Waals surface area contributed by atoms with Crippen LogP contribution in [0, 0.1) is 11.7 Å². The van der Waals surface area contributed by atoms with Crippen molar-refractivity contribution in [2.45, 2.75) is 33.7 Å². The first kappa shape index (κ1) is 13.1. The van der Waals surface area contributed by atoms with Crippen LogP contribution in [0.4, 0.5) is 0 Å². The molecule has 0 radical (unpaired) electrons. The lowest BCUT2D eigenvalue weighted by atomic mass is 10.1. The van der Waals surface area contributed by atoms with Gasteiger partial charge in [-0.15, -0.1) is 0 Å². The molecule has 2 heterocycles. The van der Waals surface area contributed by atoms with Gasteiger partial charge in [-0.3, -0.25) is 4.57 Å². The third-order valence-electron chi connectivity index (χ3n) is 3.66. The van der Waals surface area contributed by atoms with Crippen molar-refractivity contribution in [2.24, 2.45) is 0 Å². The monoisotopic (exact) mass is 286 g/mol. The first-order valence-corrected chi connectivity index (χ1v) is 7.34. The number of fused-ring (bicyclic) bond motifs is 1. The summed E-state index contributed by atoms with van der Waals surface area (Å²) in [5, 5.41) is 4.57. The molecule has 0 amide bonds. The Morgan fingerprint density at radius 1 is 1.25 bits per heavy atom. The quantitative estimate of drug-likeness (QED) is 0.744. The van der Waals surface area contributed by atoms with Gasteiger partial charge in [0.05, 0.1) is 11.4 Å². The summed E-state index contributed by atoms with van der Waals surface area (Å²) in [5.74, 6) is 0. The minimum atomic E-state index is 0.726. The maximum Gasteiger partial charge on any atom is 0.184 e. The third kappa shape index (κ3) is 1.81. The highest BCUT2D eigenvalue weighted by Gasteiger charge is 2.16. The summed E-state index contributed by atoms with van der Waals surface area (Å²) in [6, 6.07) is 8.38. The fourth-order valence-electron chi connectivity index (χ4n) is 2.67. The second-order valence-corrected chi connectivity index (χ2v) is 5.23. The van der Waals surface area contributed by atoms with Crippen molar-refractivity contribution < 1.29 is 0 Å². The first-order valence-electron chi connectivity index (χ1n) is 6.93. The molecular weight excluding hydrogens is 268 g/mol.